The maximum Gasteiger partial charge on any atom is 0.239 e. The lowest BCUT2D eigenvalue weighted by molar-refractivity contribution is 0.672. The van der Waals surface area contributed by atoms with Gasteiger partial charge in [0.25, 0.3) is 0 Å². The Kier molecular flexibility index (Phi) is 3.35. The van der Waals surface area contributed by atoms with Crippen molar-refractivity contribution in [3.63, 3.8) is 0 Å². The van der Waals surface area contributed by atoms with Crippen LogP contribution in [0.15, 0.2) is 6.20 Å². The molecule has 0 aromatic carbocycles. The molecule has 88 valence electrons. The van der Waals surface area contributed by atoms with Crippen LogP contribution >= 0.6 is 0 Å². The summed E-state index contributed by atoms with van der Waals surface area (Å²) in [6, 6.07) is 0. The summed E-state index contributed by atoms with van der Waals surface area (Å²) in [5.74, 6) is 7.97. The normalized spacial score (nSPS) is 17.5. The van der Waals surface area contributed by atoms with Gasteiger partial charge in [-0.25, -0.2) is 10.8 Å². The van der Waals surface area contributed by atoms with Crippen LogP contribution in [0.3, 0.4) is 0 Å². The smallest absolute Gasteiger partial charge is 0.239 e. The van der Waals surface area contributed by atoms with Crippen molar-refractivity contribution >= 4 is 22.6 Å². The first-order valence-electron chi connectivity index (χ1n) is 5.11. The molecule has 0 aliphatic carbocycles. The van der Waals surface area contributed by atoms with Crippen molar-refractivity contribution in [1.82, 2.24) is 9.97 Å². The fraction of sp³-hybridized carbons (Fsp3) is 0.556. The van der Waals surface area contributed by atoms with Crippen LogP contribution < -0.4 is 16.2 Å². The van der Waals surface area contributed by atoms with E-state index in [1.807, 2.05) is 6.92 Å². The topological polar surface area (TPSA) is 84.1 Å². The van der Waals surface area contributed by atoms with Gasteiger partial charge in [-0.2, -0.15) is 4.98 Å². The number of nitrogens with zero attached hydrogens (tertiary/aromatic N) is 3. The molecule has 3 N–H and O–H groups in total. The predicted molar refractivity (Wildman–Crippen MR) is 64.7 cm³/mol. The second-order valence-electron chi connectivity index (χ2n) is 3.68. The van der Waals surface area contributed by atoms with Crippen molar-refractivity contribution < 1.29 is 4.21 Å². The molecule has 7 heteroatoms. The molecule has 2 heterocycles. The van der Waals surface area contributed by atoms with Gasteiger partial charge in [0.1, 0.15) is 5.82 Å². The summed E-state index contributed by atoms with van der Waals surface area (Å²) >= 11 is 0. The highest BCUT2D eigenvalue weighted by Crippen LogP contribution is 2.19. The number of aryl methyl sites for hydroxylation is 1. The number of nitrogens with two attached hydrogens (primary N) is 1. The van der Waals surface area contributed by atoms with Crippen LogP contribution in [0.2, 0.25) is 0 Å². The highest BCUT2D eigenvalue weighted by molar-refractivity contribution is 7.85. The fourth-order valence-corrected chi connectivity index (χ4v) is 2.72. The summed E-state index contributed by atoms with van der Waals surface area (Å²) in [6.07, 6.45) is 1.74. The van der Waals surface area contributed by atoms with E-state index in [4.69, 9.17) is 5.84 Å². The van der Waals surface area contributed by atoms with E-state index in [0.29, 0.717) is 17.5 Å². The third-order valence-corrected chi connectivity index (χ3v) is 3.83. The Hall–Kier alpha value is -1.21. The zero-order valence-electron chi connectivity index (χ0n) is 9.14. The van der Waals surface area contributed by atoms with Crippen molar-refractivity contribution in [3.05, 3.63) is 11.8 Å². The van der Waals surface area contributed by atoms with E-state index in [1.54, 1.807) is 6.20 Å². The average molecular weight is 241 g/mol. The molecule has 0 amide bonds. The first kappa shape index (κ1) is 11.3. The molecular formula is C9H15N5OS. The molecule has 0 saturated carbocycles. The van der Waals surface area contributed by atoms with Crippen molar-refractivity contribution in [2.75, 3.05) is 34.9 Å². The monoisotopic (exact) mass is 241 g/mol. The lowest BCUT2D eigenvalue weighted by atomic mass is 10.3. The summed E-state index contributed by atoms with van der Waals surface area (Å²) in [4.78, 5) is 10.5. The maximum absolute atomic E-state index is 11.3. The van der Waals surface area contributed by atoms with Gasteiger partial charge in [0, 0.05) is 47.2 Å². The largest absolute Gasteiger partial charge is 0.354 e. The number of anilines is 2. The third-order valence-electron chi connectivity index (χ3n) is 2.55. The molecule has 1 aliphatic rings. The number of nitrogen functional groups attached to an aromatic ring is 1. The summed E-state index contributed by atoms with van der Waals surface area (Å²) in [5.41, 5.74) is 3.44. The number of aromatic nitrogens is 2. The summed E-state index contributed by atoms with van der Waals surface area (Å²) in [6.45, 7) is 3.50. The minimum Gasteiger partial charge on any atom is -0.354 e. The van der Waals surface area contributed by atoms with Gasteiger partial charge < -0.3 is 4.90 Å². The second kappa shape index (κ2) is 4.75. The number of rotatable bonds is 2. The van der Waals surface area contributed by atoms with Crippen molar-refractivity contribution in [2.24, 2.45) is 5.84 Å². The van der Waals surface area contributed by atoms with Gasteiger partial charge in [0.15, 0.2) is 0 Å². The maximum atomic E-state index is 11.3. The SMILES string of the molecule is Cc1cnc(NN)nc1N1CCS(=O)CC1. The Balaban J connectivity index is 2.22. The van der Waals surface area contributed by atoms with Crippen molar-refractivity contribution in [3.8, 4) is 0 Å². The number of hydrogen-bond donors (Lipinski definition) is 2. The Morgan fingerprint density at radius 2 is 2.19 bits per heavy atom. The van der Waals surface area contributed by atoms with Gasteiger partial charge in [0.2, 0.25) is 5.95 Å². The van der Waals surface area contributed by atoms with Gasteiger partial charge in [-0.15, -0.1) is 0 Å². The molecule has 1 aliphatic heterocycles. The van der Waals surface area contributed by atoms with Crippen LogP contribution in [0.25, 0.3) is 0 Å². The summed E-state index contributed by atoms with van der Waals surface area (Å²) < 4.78 is 11.3. The van der Waals surface area contributed by atoms with Crippen LogP contribution in [0.1, 0.15) is 5.56 Å². The number of hydrazine groups is 1. The molecule has 1 saturated heterocycles. The van der Waals surface area contributed by atoms with Crippen molar-refractivity contribution in [2.45, 2.75) is 6.92 Å². The van der Waals surface area contributed by atoms with E-state index in [1.165, 1.54) is 0 Å². The molecule has 0 unspecified atom stereocenters. The first-order valence-corrected chi connectivity index (χ1v) is 6.59. The predicted octanol–water partition coefficient (Wildman–Crippen LogP) is -0.361. The van der Waals surface area contributed by atoms with Gasteiger partial charge in [0.05, 0.1) is 0 Å². The quantitative estimate of drug-likeness (QED) is 0.543. The summed E-state index contributed by atoms with van der Waals surface area (Å²) in [7, 11) is -0.674. The Bertz CT molecular complexity index is 401. The third kappa shape index (κ3) is 2.30. The van der Waals surface area contributed by atoms with E-state index in [-0.39, 0.29) is 0 Å². The van der Waals surface area contributed by atoms with Gasteiger partial charge in [-0.05, 0) is 6.92 Å². The molecule has 1 fully saturated rings. The van der Waals surface area contributed by atoms with Crippen LogP contribution in [0.5, 0.6) is 0 Å². The minimum atomic E-state index is -0.674. The van der Waals surface area contributed by atoms with Crippen LogP contribution in [0.4, 0.5) is 11.8 Å². The van der Waals surface area contributed by atoms with Gasteiger partial charge >= 0.3 is 0 Å². The van der Waals surface area contributed by atoms with E-state index >= 15 is 0 Å². The Morgan fingerprint density at radius 3 is 2.81 bits per heavy atom. The molecule has 0 bridgehead atoms. The molecule has 2 rings (SSSR count). The molecule has 6 nitrogen and oxygen atoms in total. The standard InChI is InChI=1S/C9H15N5OS/c1-7-6-11-9(13-10)12-8(7)14-2-4-16(15)5-3-14/h6H,2-5,10H2,1H3,(H,11,12,13). The zero-order chi connectivity index (χ0) is 11.5. The van der Waals surface area contributed by atoms with Crippen LogP contribution in [0, 0.1) is 6.92 Å². The molecule has 1 aromatic heterocycles. The molecule has 0 spiro atoms. The zero-order valence-corrected chi connectivity index (χ0v) is 9.96. The van der Waals surface area contributed by atoms with E-state index in [9.17, 15) is 4.21 Å². The Morgan fingerprint density at radius 1 is 1.50 bits per heavy atom. The average Bonchev–Trinajstić information content (AvgIpc) is 2.31. The fourth-order valence-electron chi connectivity index (χ4n) is 1.67. The minimum absolute atomic E-state index is 0.410. The lowest BCUT2D eigenvalue weighted by Crippen LogP contribution is -2.38. The molecule has 0 atom stereocenters. The van der Waals surface area contributed by atoms with E-state index in [2.05, 4.69) is 20.3 Å². The van der Waals surface area contributed by atoms with Gasteiger partial charge in [-0.3, -0.25) is 9.63 Å². The second-order valence-corrected chi connectivity index (χ2v) is 5.38. The molecular weight excluding hydrogens is 226 g/mol. The van der Waals surface area contributed by atoms with Crippen LogP contribution in [-0.4, -0.2) is 38.8 Å². The Labute approximate surface area is 96.7 Å². The highest BCUT2D eigenvalue weighted by Gasteiger charge is 2.18. The van der Waals surface area contributed by atoms with E-state index in [0.717, 1.165) is 24.5 Å². The molecule has 16 heavy (non-hydrogen) atoms. The van der Waals surface area contributed by atoms with Crippen LogP contribution in [-0.2, 0) is 10.8 Å². The molecule has 1 aromatic rings. The van der Waals surface area contributed by atoms with E-state index < -0.39 is 10.8 Å². The number of nitrogens with one attached hydrogen (secondary N) is 1. The lowest BCUT2D eigenvalue weighted by Gasteiger charge is -2.28. The first-order chi connectivity index (χ1) is 7.70. The molecule has 0 radical (unpaired) electrons. The summed E-state index contributed by atoms with van der Waals surface area (Å²) in [5, 5.41) is 0. The number of hydrogen-bond acceptors (Lipinski definition) is 6. The van der Waals surface area contributed by atoms with Gasteiger partial charge in [-0.1, -0.05) is 0 Å². The van der Waals surface area contributed by atoms with Crippen molar-refractivity contribution in [1.29, 1.82) is 0 Å². The highest BCUT2D eigenvalue weighted by atomic mass is 32.2.